The van der Waals surface area contributed by atoms with Crippen molar-refractivity contribution in [2.24, 2.45) is 5.92 Å². The van der Waals surface area contributed by atoms with Crippen LogP contribution in [0.2, 0.25) is 0 Å². The van der Waals surface area contributed by atoms with Gasteiger partial charge in [-0.2, -0.15) is 4.98 Å². The van der Waals surface area contributed by atoms with E-state index in [4.69, 9.17) is 9.26 Å². The summed E-state index contributed by atoms with van der Waals surface area (Å²) >= 11 is 0. The number of aromatic nitrogens is 4. The summed E-state index contributed by atoms with van der Waals surface area (Å²) in [7, 11) is 1.38. The average Bonchev–Trinajstić information content (AvgIpc) is 3.60. The van der Waals surface area contributed by atoms with Crippen LogP contribution in [-0.2, 0) is 11.2 Å². The Hall–Kier alpha value is -4.21. The van der Waals surface area contributed by atoms with Crippen LogP contribution in [-0.4, -0.2) is 56.6 Å². The highest BCUT2D eigenvalue weighted by molar-refractivity contribution is 6.04. The number of carbonyl (C=O) groups excluding carboxylic acids is 2. The smallest absolute Gasteiger partial charge is 0.409 e. The first kappa shape index (κ1) is 21.6. The lowest BCUT2D eigenvalue weighted by Crippen LogP contribution is -2.28. The van der Waals surface area contributed by atoms with Gasteiger partial charge in [-0.05, 0) is 43.0 Å². The predicted molar refractivity (Wildman–Crippen MR) is 123 cm³/mol. The van der Waals surface area contributed by atoms with Gasteiger partial charge in [0, 0.05) is 37.0 Å². The Bertz CT molecular complexity index is 1360. The maximum Gasteiger partial charge on any atom is 0.409 e. The van der Waals surface area contributed by atoms with Gasteiger partial charge in [-0.15, -0.1) is 0 Å². The number of anilines is 1. The monoisotopic (exact) mass is 460 g/mol. The van der Waals surface area contributed by atoms with Crippen molar-refractivity contribution in [3.05, 3.63) is 65.9 Å². The number of imidazole rings is 1. The van der Waals surface area contributed by atoms with Crippen LogP contribution in [0.1, 0.15) is 28.4 Å². The standard InChI is InChI=1S/C24H24N6O4/c1-15-6-7-17(12-18(15)26-23(31)19-13-25-20-5-3-4-9-30(19)20)22-27-21(34-28-22)11-16-8-10-29(14-16)24(32)33-2/h3-7,9,12-13,16H,8,10-11,14H2,1-2H3,(H,26,31). The van der Waals surface area contributed by atoms with Gasteiger partial charge in [-0.1, -0.05) is 23.4 Å². The quantitative estimate of drug-likeness (QED) is 0.484. The zero-order valence-electron chi connectivity index (χ0n) is 18.9. The molecule has 1 aromatic carbocycles. The van der Waals surface area contributed by atoms with Gasteiger partial charge in [-0.25, -0.2) is 9.78 Å². The van der Waals surface area contributed by atoms with Gasteiger partial charge in [-0.3, -0.25) is 9.20 Å². The minimum Gasteiger partial charge on any atom is -0.453 e. The third kappa shape index (κ3) is 4.21. The van der Waals surface area contributed by atoms with E-state index in [1.54, 1.807) is 21.7 Å². The number of benzene rings is 1. The highest BCUT2D eigenvalue weighted by Gasteiger charge is 2.28. The molecule has 1 saturated heterocycles. The van der Waals surface area contributed by atoms with Gasteiger partial charge in [0.25, 0.3) is 5.91 Å². The number of rotatable bonds is 5. The van der Waals surface area contributed by atoms with Gasteiger partial charge in [0.2, 0.25) is 11.7 Å². The van der Waals surface area contributed by atoms with Gasteiger partial charge >= 0.3 is 6.09 Å². The van der Waals surface area contributed by atoms with Crippen molar-refractivity contribution in [3.63, 3.8) is 0 Å². The molecule has 0 radical (unpaired) electrons. The van der Waals surface area contributed by atoms with Crippen LogP contribution in [0.25, 0.3) is 17.0 Å². The number of fused-ring (bicyclic) bond motifs is 1. The number of hydrogen-bond acceptors (Lipinski definition) is 7. The van der Waals surface area contributed by atoms with Crippen molar-refractivity contribution in [3.8, 4) is 11.4 Å². The molecule has 1 aliphatic heterocycles. The number of aryl methyl sites for hydroxylation is 1. The number of likely N-dealkylation sites (tertiary alicyclic amines) is 1. The summed E-state index contributed by atoms with van der Waals surface area (Å²) in [5.41, 5.74) is 3.44. The summed E-state index contributed by atoms with van der Waals surface area (Å²) in [6, 6.07) is 11.2. The molecule has 0 aliphatic carbocycles. The van der Waals surface area contributed by atoms with E-state index >= 15 is 0 Å². The first-order chi connectivity index (χ1) is 16.5. The largest absolute Gasteiger partial charge is 0.453 e. The van der Waals surface area contributed by atoms with Gasteiger partial charge in [0.15, 0.2) is 0 Å². The number of ether oxygens (including phenoxy) is 1. The fourth-order valence-corrected chi connectivity index (χ4v) is 4.18. The summed E-state index contributed by atoms with van der Waals surface area (Å²) in [5.74, 6) is 0.946. The summed E-state index contributed by atoms with van der Waals surface area (Å²) in [4.78, 5) is 35.1. The van der Waals surface area contributed by atoms with Crippen LogP contribution in [0.4, 0.5) is 10.5 Å². The summed E-state index contributed by atoms with van der Waals surface area (Å²) < 4.78 is 12.0. The van der Waals surface area contributed by atoms with E-state index in [9.17, 15) is 9.59 Å². The zero-order valence-corrected chi connectivity index (χ0v) is 18.9. The molecule has 10 nitrogen and oxygen atoms in total. The Kier molecular flexibility index (Phi) is 5.70. The maximum atomic E-state index is 12.9. The lowest BCUT2D eigenvalue weighted by molar-refractivity contribution is 0.102. The number of carbonyl (C=O) groups is 2. The highest BCUT2D eigenvalue weighted by atomic mass is 16.5. The topological polar surface area (TPSA) is 115 Å². The fraction of sp³-hybridized carbons (Fsp3) is 0.292. The summed E-state index contributed by atoms with van der Waals surface area (Å²) in [6.45, 7) is 3.18. The van der Waals surface area contributed by atoms with Crippen molar-refractivity contribution >= 4 is 23.3 Å². The van der Waals surface area contributed by atoms with E-state index in [2.05, 4.69) is 20.4 Å². The minimum atomic E-state index is -0.313. The number of nitrogens with zero attached hydrogens (tertiary/aromatic N) is 5. The first-order valence-electron chi connectivity index (χ1n) is 11.0. The number of amides is 2. The molecule has 5 rings (SSSR count). The number of methoxy groups -OCH3 is 1. The molecule has 1 aliphatic rings. The SMILES string of the molecule is COC(=O)N1CCC(Cc2nc(-c3ccc(C)c(NC(=O)c4cnc5ccccn45)c3)no2)C1. The highest BCUT2D eigenvalue weighted by Crippen LogP contribution is 2.26. The second kappa shape index (κ2) is 8.97. The van der Waals surface area contributed by atoms with Gasteiger partial charge < -0.3 is 19.5 Å². The van der Waals surface area contributed by atoms with E-state index < -0.39 is 0 Å². The third-order valence-corrected chi connectivity index (χ3v) is 6.04. The van der Waals surface area contributed by atoms with Crippen LogP contribution in [0.15, 0.2) is 53.3 Å². The molecular formula is C24H24N6O4. The molecule has 1 N–H and O–H groups in total. The third-order valence-electron chi connectivity index (χ3n) is 6.04. The molecule has 1 atom stereocenters. The van der Waals surface area contributed by atoms with E-state index in [-0.39, 0.29) is 17.9 Å². The maximum absolute atomic E-state index is 12.9. The molecule has 4 aromatic rings. The fourth-order valence-electron chi connectivity index (χ4n) is 4.18. The van der Waals surface area contributed by atoms with E-state index in [1.165, 1.54) is 7.11 Å². The molecular weight excluding hydrogens is 436 g/mol. The van der Waals surface area contributed by atoms with E-state index in [1.807, 2.05) is 43.3 Å². The Morgan fingerprint density at radius 3 is 3.00 bits per heavy atom. The Balaban J connectivity index is 1.30. The Morgan fingerprint density at radius 2 is 2.15 bits per heavy atom. The van der Waals surface area contributed by atoms with Crippen LogP contribution in [0, 0.1) is 12.8 Å². The van der Waals surface area contributed by atoms with Gasteiger partial charge in [0.1, 0.15) is 11.3 Å². The van der Waals surface area contributed by atoms with Crippen LogP contribution in [0.3, 0.4) is 0 Å². The normalized spacial score (nSPS) is 15.6. The summed E-state index contributed by atoms with van der Waals surface area (Å²) in [6.07, 6.45) is 4.49. The lowest BCUT2D eigenvalue weighted by atomic mass is 10.1. The molecule has 10 heteroatoms. The molecule has 0 spiro atoms. The van der Waals surface area contributed by atoms with Crippen molar-refractivity contribution in [2.75, 3.05) is 25.5 Å². The van der Waals surface area contributed by atoms with Crippen molar-refractivity contribution < 1.29 is 18.8 Å². The second-order valence-corrected chi connectivity index (χ2v) is 8.34. The van der Waals surface area contributed by atoms with Crippen LogP contribution in [0.5, 0.6) is 0 Å². The predicted octanol–water partition coefficient (Wildman–Crippen LogP) is 3.58. The number of pyridine rings is 1. The van der Waals surface area contributed by atoms with Crippen molar-refractivity contribution in [1.82, 2.24) is 24.4 Å². The first-order valence-corrected chi connectivity index (χ1v) is 11.0. The number of hydrogen-bond donors (Lipinski definition) is 1. The molecule has 4 heterocycles. The molecule has 1 fully saturated rings. The van der Waals surface area contributed by atoms with E-state index in [0.29, 0.717) is 48.3 Å². The summed E-state index contributed by atoms with van der Waals surface area (Å²) in [5, 5.41) is 7.09. The molecule has 34 heavy (non-hydrogen) atoms. The molecule has 1 unspecified atom stereocenters. The Morgan fingerprint density at radius 1 is 1.26 bits per heavy atom. The lowest BCUT2D eigenvalue weighted by Gasteiger charge is -2.13. The molecule has 0 bridgehead atoms. The zero-order chi connectivity index (χ0) is 23.7. The van der Waals surface area contributed by atoms with E-state index in [0.717, 1.165) is 17.5 Å². The molecule has 0 saturated carbocycles. The average molecular weight is 460 g/mol. The second-order valence-electron chi connectivity index (χ2n) is 8.34. The van der Waals surface area contributed by atoms with Crippen LogP contribution >= 0.6 is 0 Å². The van der Waals surface area contributed by atoms with Gasteiger partial charge in [0.05, 0.1) is 13.3 Å². The molecule has 3 aromatic heterocycles. The molecule has 174 valence electrons. The molecule has 2 amide bonds. The van der Waals surface area contributed by atoms with Crippen molar-refractivity contribution in [1.29, 1.82) is 0 Å². The number of nitrogens with one attached hydrogen (secondary N) is 1. The minimum absolute atomic E-state index is 0.241. The Labute approximate surface area is 195 Å². The van der Waals surface area contributed by atoms with Crippen LogP contribution < -0.4 is 5.32 Å². The van der Waals surface area contributed by atoms with Crippen molar-refractivity contribution in [2.45, 2.75) is 19.8 Å².